The molecule has 0 fully saturated rings. The van der Waals surface area contributed by atoms with E-state index in [1.165, 1.54) is 6.26 Å². The third-order valence-electron chi connectivity index (χ3n) is 1.65. The summed E-state index contributed by atoms with van der Waals surface area (Å²) in [4.78, 5) is 9.86. The largest absolute Gasteiger partial charge is 0.440 e. The molecule has 0 N–H and O–H groups in total. The summed E-state index contributed by atoms with van der Waals surface area (Å²) in [7, 11) is 0. The van der Waals surface area contributed by atoms with Gasteiger partial charge in [-0.1, -0.05) is 18.2 Å². The summed E-state index contributed by atoms with van der Waals surface area (Å²) in [5.41, 5.74) is 0. The van der Waals surface area contributed by atoms with Crippen molar-refractivity contribution in [3.05, 3.63) is 40.6 Å². The van der Waals surface area contributed by atoms with E-state index in [0.29, 0.717) is 5.39 Å². The first-order valence-corrected chi connectivity index (χ1v) is 3.39. The van der Waals surface area contributed by atoms with Crippen molar-refractivity contribution >= 4 is 16.7 Å². The Morgan fingerprint density at radius 3 is 2.83 bits per heavy atom. The molecule has 0 saturated carbocycles. The molecule has 1 aromatic heterocycles. The van der Waals surface area contributed by atoms with Crippen LogP contribution in [0.25, 0.3) is 10.8 Å². The second-order valence-electron chi connectivity index (χ2n) is 2.39. The summed E-state index contributed by atoms with van der Waals surface area (Å²) in [5, 5.41) is 11.7. The molecule has 2 rings (SSSR count). The first-order chi connectivity index (χ1) is 5.79. The molecule has 0 bridgehead atoms. The molecular formula is C8H5NO3. The summed E-state index contributed by atoms with van der Waals surface area (Å²) in [6, 6.07) is 6.98. The second kappa shape index (κ2) is 2.34. The molecule has 0 aliphatic carbocycles. The number of hydrogen-bond donors (Lipinski definition) is 0. The molecule has 0 amide bonds. The van der Waals surface area contributed by atoms with Crippen molar-refractivity contribution in [2.24, 2.45) is 0 Å². The predicted octanol–water partition coefficient (Wildman–Crippen LogP) is 2.34. The fraction of sp³-hybridized carbons (Fsp3) is 0. The smallest absolute Gasteiger partial charge is 0.408 e. The van der Waals surface area contributed by atoms with E-state index in [9.17, 15) is 10.1 Å². The van der Waals surface area contributed by atoms with Gasteiger partial charge < -0.3 is 4.42 Å². The van der Waals surface area contributed by atoms with Crippen LogP contribution < -0.4 is 0 Å². The average molecular weight is 163 g/mol. The first kappa shape index (κ1) is 6.84. The van der Waals surface area contributed by atoms with Crippen LogP contribution in [-0.4, -0.2) is 4.92 Å². The van der Waals surface area contributed by atoms with Gasteiger partial charge in [-0.25, -0.2) is 0 Å². The average Bonchev–Trinajstić information content (AvgIpc) is 2.47. The van der Waals surface area contributed by atoms with Crippen LogP contribution in [0.5, 0.6) is 0 Å². The van der Waals surface area contributed by atoms with Crippen molar-refractivity contribution in [1.82, 2.24) is 0 Å². The number of fused-ring (bicyclic) bond motifs is 1. The summed E-state index contributed by atoms with van der Waals surface area (Å²) < 4.78 is 4.78. The van der Waals surface area contributed by atoms with Gasteiger partial charge >= 0.3 is 5.88 Å². The van der Waals surface area contributed by atoms with Gasteiger partial charge in [0.15, 0.2) is 0 Å². The van der Waals surface area contributed by atoms with E-state index in [-0.39, 0.29) is 5.88 Å². The van der Waals surface area contributed by atoms with E-state index in [1.54, 1.807) is 18.2 Å². The van der Waals surface area contributed by atoms with Crippen molar-refractivity contribution in [3.8, 4) is 0 Å². The highest BCUT2D eigenvalue weighted by atomic mass is 16.6. The minimum atomic E-state index is -0.525. The Labute approximate surface area is 67.6 Å². The van der Waals surface area contributed by atoms with Crippen molar-refractivity contribution in [1.29, 1.82) is 0 Å². The van der Waals surface area contributed by atoms with Crippen molar-refractivity contribution in [3.63, 3.8) is 0 Å². The zero-order chi connectivity index (χ0) is 8.55. The lowest BCUT2D eigenvalue weighted by atomic mass is 10.2. The monoisotopic (exact) mass is 163 g/mol. The van der Waals surface area contributed by atoms with Gasteiger partial charge in [0, 0.05) is 5.39 Å². The van der Waals surface area contributed by atoms with Crippen LogP contribution in [0.3, 0.4) is 0 Å². The maximum atomic E-state index is 10.4. The quantitative estimate of drug-likeness (QED) is 0.478. The highest BCUT2D eigenvalue weighted by Crippen LogP contribution is 2.26. The highest BCUT2D eigenvalue weighted by Gasteiger charge is 2.15. The fourth-order valence-electron chi connectivity index (χ4n) is 1.12. The highest BCUT2D eigenvalue weighted by molar-refractivity contribution is 5.88. The van der Waals surface area contributed by atoms with E-state index < -0.39 is 4.92 Å². The molecule has 60 valence electrons. The van der Waals surface area contributed by atoms with Crippen LogP contribution in [0, 0.1) is 10.1 Å². The topological polar surface area (TPSA) is 56.3 Å². The maximum Gasteiger partial charge on any atom is 0.440 e. The molecule has 1 aromatic carbocycles. The number of nitrogens with zero attached hydrogens (tertiary/aromatic N) is 1. The van der Waals surface area contributed by atoms with Crippen LogP contribution in [0.4, 0.5) is 5.88 Å². The Balaban J connectivity index is 2.79. The molecule has 12 heavy (non-hydrogen) atoms. The molecule has 4 heteroatoms. The van der Waals surface area contributed by atoms with Gasteiger partial charge in [-0.2, -0.15) is 0 Å². The Kier molecular flexibility index (Phi) is 1.33. The summed E-state index contributed by atoms with van der Waals surface area (Å²) in [6.45, 7) is 0. The van der Waals surface area contributed by atoms with Crippen LogP contribution in [0.2, 0.25) is 0 Å². The van der Waals surface area contributed by atoms with Crippen LogP contribution >= 0.6 is 0 Å². The number of furan rings is 1. The van der Waals surface area contributed by atoms with E-state index in [2.05, 4.69) is 0 Å². The predicted molar refractivity (Wildman–Crippen MR) is 42.9 cm³/mol. The molecule has 2 aromatic rings. The molecule has 0 saturated heterocycles. The fourth-order valence-corrected chi connectivity index (χ4v) is 1.12. The van der Waals surface area contributed by atoms with Gasteiger partial charge in [-0.3, -0.25) is 10.1 Å². The minimum Gasteiger partial charge on any atom is -0.408 e. The molecule has 1 heterocycles. The number of rotatable bonds is 1. The molecule has 0 aliphatic rings. The third kappa shape index (κ3) is 0.852. The van der Waals surface area contributed by atoms with E-state index in [4.69, 9.17) is 4.42 Å². The molecule has 0 spiro atoms. The molecule has 4 nitrogen and oxygen atoms in total. The van der Waals surface area contributed by atoms with E-state index >= 15 is 0 Å². The maximum absolute atomic E-state index is 10.4. The van der Waals surface area contributed by atoms with Gasteiger partial charge in [0.05, 0.1) is 0 Å². The zero-order valence-electron chi connectivity index (χ0n) is 6.06. The third-order valence-corrected chi connectivity index (χ3v) is 1.65. The minimum absolute atomic E-state index is 0.189. The second-order valence-corrected chi connectivity index (χ2v) is 2.39. The number of hydrogen-bond acceptors (Lipinski definition) is 3. The van der Waals surface area contributed by atoms with E-state index in [1.807, 2.05) is 6.07 Å². The van der Waals surface area contributed by atoms with Crippen molar-refractivity contribution in [2.75, 3.05) is 0 Å². The standard InChI is InChI=1S/C8H5NO3/c10-9(11)8-7-4-2-1-3-6(7)5-12-8/h1-5H. The molecular weight excluding hydrogens is 158 g/mol. The van der Waals surface area contributed by atoms with Crippen molar-refractivity contribution < 1.29 is 9.34 Å². The van der Waals surface area contributed by atoms with Crippen molar-refractivity contribution in [2.45, 2.75) is 0 Å². The molecule has 0 radical (unpaired) electrons. The molecule has 0 atom stereocenters. The Morgan fingerprint density at radius 1 is 1.33 bits per heavy atom. The van der Waals surface area contributed by atoms with Gasteiger partial charge in [-0.05, 0) is 6.07 Å². The molecule has 0 unspecified atom stereocenters. The number of nitro groups is 1. The lowest BCUT2D eigenvalue weighted by Gasteiger charge is -1.84. The number of benzene rings is 1. The van der Waals surface area contributed by atoms with E-state index in [0.717, 1.165) is 5.39 Å². The SMILES string of the molecule is O=[N+]([O-])c1occ2ccccc12. The van der Waals surface area contributed by atoms with Gasteiger partial charge in [0.25, 0.3) is 0 Å². The first-order valence-electron chi connectivity index (χ1n) is 3.39. The van der Waals surface area contributed by atoms with Gasteiger partial charge in [0.2, 0.25) is 0 Å². The summed E-state index contributed by atoms with van der Waals surface area (Å²) in [5.74, 6) is -0.189. The Morgan fingerprint density at radius 2 is 2.08 bits per heavy atom. The Hall–Kier alpha value is -1.84. The summed E-state index contributed by atoms with van der Waals surface area (Å²) in [6.07, 6.45) is 1.38. The van der Waals surface area contributed by atoms with Gasteiger partial charge in [-0.15, -0.1) is 0 Å². The normalized spacial score (nSPS) is 10.3. The van der Waals surface area contributed by atoms with Gasteiger partial charge in [0.1, 0.15) is 16.6 Å². The van der Waals surface area contributed by atoms with Crippen LogP contribution in [0.15, 0.2) is 34.9 Å². The lowest BCUT2D eigenvalue weighted by molar-refractivity contribution is -0.400. The Bertz CT molecular complexity index is 433. The molecule has 0 aliphatic heterocycles. The lowest BCUT2D eigenvalue weighted by Crippen LogP contribution is -1.84. The van der Waals surface area contributed by atoms with Crippen LogP contribution in [0.1, 0.15) is 0 Å². The van der Waals surface area contributed by atoms with Crippen LogP contribution in [-0.2, 0) is 0 Å². The zero-order valence-corrected chi connectivity index (χ0v) is 6.06. The summed E-state index contributed by atoms with van der Waals surface area (Å²) >= 11 is 0.